The Morgan fingerprint density at radius 2 is 1.69 bits per heavy atom. The lowest BCUT2D eigenvalue weighted by molar-refractivity contribution is 0.373. The van der Waals surface area contributed by atoms with Gasteiger partial charge in [-0.05, 0) is 24.8 Å². The Hall–Kier alpha value is -0.890. The molecular formula is C14H20FN. The molecule has 1 aliphatic carbocycles. The monoisotopic (exact) mass is 221 g/mol. The number of hydrogen-bond acceptors (Lipinski definition) is 1. The van der Waals surface area contributed by atoms with Crippen molar-refractivity contribution in [2.45, 2.75) is 44.6 Å². The Kier molecular flexibility index (Phi) is 3.94. The molecule has 0 amide bonds. The summed E-state index contributed by atoms with van der Waals surface area (Å²) in [5.74, 6) is 0.304. The Morgan fingerprint density at radius 3 is 2.31 bits per heavy atom. The molecule has 0 bridgehead atoms. The van der Waals surface area contributed by atoms with Gasteiger partial charge < -0.3 is 5.73 Å². The molecule has 1 aromatic rings. The minimum Gasteiger partial charge on any atom is -0.324 e. The second-order valence-corrected chi connectivity index (χ2v) is 4.80. The molecule has 2 rings (SSSR count). The van der Waals surface area contributed by atoms with E-state index in [1.165, 1.54) is 31.7 Å². The van der Waals surface area contributed by atoms with Crippen LogP contribution in [-0.4, -0.2) is 0 Å². The van der Waals surface area contributed by atoms with Gasteiger partial charge in [-0.15, -0.1) is 0 Å². The molecule has 0 heterocycles. The number of rotatable bonds is 2. The minimum atomic E-state index is -0.153. The second-order valence-electron chi connectivity index (χ2n) is 4.80. The zero-order chi connectivity index (χ0) is 11.4. The molecule has 2 N–H and O–H groups in total. The fourth-order valence-electron chi connectivity index (χ4n) is 2.67. The van der Waals surface area contributed by atoms with E-state index < -0.39 is 0 Å². The van der Waals surface area contributed by atoms with E-state index in [2.05, 4.69) is 0 Å². The molecular weight excluding hydrogens is 201 g/mol. The summed E-state index contributed by atoms with van der Waals surface area (Å²) in [6, 6.07) is 6.80. The Balaban J connectivity index is 2.11. The van der Waals surface area contributed by atoms with Gasteiger partial charge in [-0.3, -0.25) is 0 Å². The van der Waals surface area contributed by atoms with Crippen LogP contribution in [0, 0.1) is 11.7 Å². The highest BCUT2D eigenvalue weighted by Crippen LogP contribution is 2.32. The van der Waals surface area contributed by atoms with Crippen LogP contribution in [0.2, 0.25) is 0 Å². The summed E-state index contributed by atoms with van der Waals surface area (Å²) in [6.07, 6.45) is 7.39. The molecule has 2 heteroatoms. The molecule has 1 fully saturated rings. The zero-order valence-corrected chi connectivity index (χ0v) is 9.66. The predicted molar refractivity (Wildman–Crippen MR) is 64.5 cm³/mol. The van der Waals surface area contributed by atoms with Gasteiger partial charge in [0.1, 0.15) is 5.82 Å². The normalized spacial score (nSPS) is 20.4. The van der Waals surface area contributed by atoms with Gasteiger partial charge in [-0.25, -0.2) is 4.39 Å². The van der Waals surface area contributed by atoms with Gasteiger partial charge in [0.15, 0.2) is 0 Å². The average Bonchev–Trinajstić information content (AvgIpc) is 2.57. The molecule has 0 saturated heterocycles. The first-order valence-corrected chi connectivity index (χ1v) is 6.29. The number of benzene rings is 1. The summed E-state index contributed by atoms with van der Waals surface area (Å²) in [6.45, 7) is 0. The highest BCUT2D eigenvalue weighted by atomic mass is 19.1. The van der Waals surface area contributed by atoms with Crippen molar-refractivity contribution in [2.75, 3.05) is 0 Å². The largest absolute Gasteiger partial charge is 0.324 e. The highest BCUT2D eigenvalue weighted by Gasteiger charge is 2.22. The highest BCUT2D eigenvalue weighted by molar-refractivity contribution is 5.21. The third kappa shape index (κ3) is 2.62. The van der Waals surface area contributed by atoms with Crippen LogP contribution in [0.25, 0.3) is 0 Å². The SMILES string of the molecule is NC(c1ccccc1F)C1CCCCCC1. The molecule has 1 saturated carbocycles. The zero-order valence-electron chi connectivity index (χ0n) is 9.66. The lowest BCUT2D eigenvalue weighted by Gasteiger charge is -2.23. The Bertz CT molecular complexity index is 329. The molecule has 1 atom stereocenters. The van der Waals surface area contributed by atoms with Crippen molar-refractivity contribution >= 4 is 0 Å². The van der Waals surface area contributed by atoms with Gasteiger partial charge in [-0.2, -0.15) is 0 Å². The van der Waals surface area contributed by atoms with Crippen molar-refractivity contribution in [3.8, 4) is 0 Å². The topological polar surface area (TPSA) is 26.0 Å². The van der Waals surface area contributed by atoms with E-state index in [-0.39, 0.29) is 11.9 Å². The standard InChI is InChI=1S/C14H20FN/c15-13-10-6-5-9-12(13)14(16)11-7-3-1-2-4-8-11/h5-6,9-11,14H,1-4,7-8,16H2. The van der Waals surface area contributed by atoms with Gasteiger partial charge >= 0.3 is 0 Å². The van der Waals surface area contributed by atoms with Crippen molar-refractivity contribution in [1.82, 2.24) is 0 Å². The molecule has 0 aromatic heterocycles. The minimum absolute atomic E-state index is 0.126. The lowest BCUT2D eigenvalue weighted by atomic mass is 9.88. The third-order valence-corrected chi connectivity index (χ3v) is 3.67. The fraction of sp³-hybridized carbons (Fsp3) is 0.571. The summed E-state index contributed by atoms with van der Waals surface area (Å²) in [5, 5.41) is 0. The van der Waals surface area contributed by atoms with Crippen LogP contribution in [0.4, 0.5) is 4.39 Å². The number of halogens is 1. The van der Waals surface area contributed by atoms with Crippen molar-refractivity contribution in [1.29, 1.82) is 0 Å². The van der Waals surface area contributed by atoms with Crippen molar-refractivity contribution in [3.63, 3.8) is 0 Å². The smallest absolute Gasteiger partial charge is 0.127 e. The van der Waals surface area contributed by atoms with E-state index in [9.17, 15) is 4.39 Å². The molecule has 1 aromatic carbocycles. The van der Waals surface area contributed by atoms with Crippen LogP contribution in [0.5, 0.6) is 0 Å². The molecule has 1 aliphatic rings. The third-order valence-electron chi connectivity index (χ3n) is 3.67. The van der Waals surface area contributed by atoms with Crippen LogP contribution in [0.15, 0.2) is 24.3 Å². The molecule has 1 nitrogen and oxygen atoms in total. The molecule has 1 unspecified atom stereocenters. The van der Waals surface area contributed by atoms with Crippen LogP contribution in [0.1, 0.15) is 50.1 Å². The Labute approximate surface area is 96.9 Å². The van der Waals surface area contributed by atoms with Crippen LogP contribution < -0.4 is 5.73 Å². The van der Waals surface area contributed by atoms with Gasteiger partial charge in [0.2, 0.25) is 0 Å². The van der Waals surface area contributed by atoms with Crippen molar-refractivity contribution in [2.24, 2.45) is 11.7 Å². The number of nitrogens with two attached hydrogens (primary N) is 1. The second kappa shape index (κ2) is 5.44. The summed E-state index contributed by atoms with van der Waals surface area (Å²) in [7, 11) is 0. The van der Waals surface area contributed by atoms with Gasteiger partial charge in [0.05, 0.1) is 0 Å². The van der Waals surface area contributed by atoms with E-state index in [4.69, 9.17) is 5.73 Å². The summed E-state index contributed by atoms with van der Waals surface area (Å²) in [4.78, 5) is 0. The molecule has 88 valence electrons. The van der Waals surface area contributed by atoms with E-state index in [1.54, 1.807) is 6.07 Å². The van der Waals surface area contributed by atoms with Crippen LogP contribution in [-0.2, 0) is 0 Å². The van der Waals surface area contributed by atoms with E-state index >= 15 is 0 Å². The van der Waals surface area contributed by atoms with Gasteiger partial charge in [-0.1, -0.05) is 43.9 Å². The van der Waals surface area contributed by atoms with Crippen LogP contribution in [0.3, 0.4) is 0 Å². The average molecular weight is 221 g/mol. The van der Waals surface area contributed by atoms with Crippen molar-refractivity contribution < 1.29 is 4.39 Å². The summed E-state index contributed by atoms with van der Waals surface area (Å²) in [5.41, 5.74) is 6.89. The first-order chi connectivity index (χ1) is 7.79. The van der Waals surface area contributed by atoms with E-state index in [1.807, 2.05) is 12.1 Å². The first kappa shape index (κ1) is 11.6. The maximum atomic E-state index is 13.6. The quantitative estimate of drug-likeness (QED) is 0.755. The summed E-state index contributed by atoms with van der Waals surface area (Å²) < 4.78 is 13.6. The maximum Gasteiger partial charge on any atom is 0.127 e. The molecule has 0 aliphatic heterocycles. The lowest BCUT2D eigenvalue weighted by Crippen LogP contribution is -2.22. The first-order valence-electron chi connectivity index (χ1n) is 6.29. The molecule has 0 spiro atoms. The molecule has 0 radical (unpaired) electrons. The summed E-state index contributed by atoms with van der Waals surface area (Å²) >= 11 is 0. The fourth-order valence-corrected chi connectivity index (χ4v) is 2.67. The molecule has 16 heavy (non-hydrogen) atoms. The van der Waals surface area contributed by atoms with E-state index in [0.717, 1.165) is 12.8 Å². The van der Waals surface area contributed by atoms with Gasteiger partial charge in [0.25, 0.3) is 0 Å². The number of hydrogen-bond donors (Lipinski definition) is 1. The van der Waals surface area contributed by atoms with Crippen LogP contribution >= 0.6 is 0 Å². The van der Waals surface area contributed by atoms with E-state index in [0.29, 0.717) is 11.5 Å². The Morgan fingerprint density at radius 1 is 1.06 bits per heavy atom. The van der Waals surface area contributed by atoms with Gasteiger partial charge in [0, 0.05) is 11.6 Å². The predicted octanol–water partition coefficient (Wildman–Crippen LogP) is 3.80. The maximum absolute atomic E-state index is 13.6. The van der Waals surface area contributed by atoms with Crippen molar-refractivity contribution in [3.05, 3.63) is 35.6 Å².